The van der Waals surface area contributed by atoms with E-state index < -0.39 is 0 Å². The summed E-state index contributed by atoms with van der Waals surface area (Å²) in [5.41, 5.74) is 0.420. The maximum Gasteiger partial charge on any atom is 0.276 e. The van der Waals surface area contributed by atoms with E-state index in [4.69, 9.17) is 21.4 Å². The Morgan fingerprint density at radius 3 is 2.73 bits per heavy atom. The molecule has 0 saturated carbocycles. The summed E-state index contributed by atoms with van der Waals surface area (Å²) in [4.78, 5) is 14.1. The lowest BCUT2D eigenvalue weighted by molar-refractivity contribution is -0.122. The van der Waals surface area contributed by atoms with E-state index in [-0.39, 0.29) is 5.91 Å². The van der Waals surface area contributed by atoms with Gasteiger partial charge in [0.2, 0.25) is 0 Å². The number of nitrogens with one attached hydrogen (secondary N) is 1. The van der Waals surface area contributed by atoms with Crippen molar-refractivity contribution in [2.24, 2.45) is 5.92 Å². The average Bonchev–Trinajstić information content (AvgIpc) is 3.26. The number of furan rings is 1. The molecule has 0 spiro atoms. The molecule has 1 amide bonds. The van der Waals surface area contributed by atoms with Gasteiger partial charge in [-0.05, 0) is 65.3 Å². The van der Waals surface area contributed by atoms with Crippen LogP contribution in [0.15, 0.2) is 63.1 Å². The van der Waals surface area contributed by atoms with Crippen LogP contribution >= 0.6 is 28.1 Å². The lowest BCUT2D eigenvalue weighted by Crippen LogP contribution is -2.33. The Morgan fingerprint density at radius 1 is 1.17 bits per heavy atom. The molecule has 4 rings (SSSR count). The normalized spacial score (nSPS) is 15.5. The molecule has 0 aliphatic carbocycles. The van der Waals surface area contributed by atoms with Crippen LogP contribution in [-0.4, -0.2) is 22.5 Å². The second-order valence-corrected chi connectivity index (χ2v) is 8.85. The van der Waals surface area contributed by atoms with Gasteiger partial charge >= 0.3 is 0 Å². The van der Waals surface area contributed by atoms with Gasteiger partial charge in [-0.2, -0.15) is 0 Å². The molecule has 1 aromatic heterocycles. The van der Waals surface area contributed by atoms with Gasteiger partial charge in [-0.3, -0.25) is 9.69 Å². The van der Waals surface area contributed by atoms with Crippen molar-refractivity contribution in [2.45, 2.75) is 20.5 Å². The van der Waals surface area contributed by atoms with Crippen LogP contribution in [0.2, 0.25) is 0 Å². The number of nitrogens with zero attached hydrogens (tertiary/aromatic N) is 1. The summed E-state index contributed by atoms with van der Waals surface area (Å²) >= 11 is 8.75. The fourth-order valence-corrected chi connectivity index (χ4v) is 3.88. The quantitative estimate of drug-likeness (QED) is 0.370. The van der Waals surface area contributed by atoms with Gasteiger partial charge in [0.1, 0.15) is 29.6 Å². The number of carbonyl (C=O) groups excluding carboxylic acids is 1. The lowest BCUT2D eigenvalue weighted by Gasteiger charge is -2.15. The Morgan fingerprint density at radius 2 is 1.93 bits per heavy atom. The zero-order valence-electron chi connectivity index (χ0n) is 16.6. The average molecular weight is 485 g/mol. The maximum atomic E-state index is 12.5. The summed E-state index contributed by atoms with van der Waals surface area (Å²) in [7, 11) is 0. The van der Waals surface area contributed by atoms with E-state index in [0.29, 0.717) is 41.4 Å². The number of hydrogen-bond acceptors (Lipinski definition) is 4. The van der Waals surface area contributed by atoms with E-state index in [1.54, 1.807) is 11.0 Å². The van der Waals surface area contributed by atoms with Crippen molar-refractivity contribution in [3.63, 3.8) is 0 Å². The second-order valence-electron chi connectivity index (χ2n) is 7.54. The Bertz CT molecular complexity index is 1150. The molecule has 30 heavy (non-hydrogen) atoms. The molecule has 0 atom stereocenters. The first kappa shape index (κ1) is 20.6. The third kappa shape index (κ3) is 4.57. The number of hydrogen-bond donors (Lipinski definition) is 1. The van der Waals surface area contributed by atoms with Crippen LogP contribution in [0, 0.1) is 5.92 Å². The molecule has 0 radical (unpaired) electrons. The summed E-state index contributed by atoms with van der Waals surface area (Å²) in [6.07, 6.45) is 1.67. The fourth-order valence-electron chi connectivity index (χ4n) is 3.23. The maximum absolute atomic E-state index is 12.5. The van der Waals surface area contributed by atoms with Gasteiger partial charge in [-0.25, -0.2) is 0 Å². The summed E-state index contributed by atoms with van der Waals surface area (Å²) in [5, 5.41) is 5.64. The molecule has 0 bridgehead atoms. The summed E-state index contributed by atoms with van der Waals surface area (Å²) in [6.45, 7) is 4.97. The number of amides is 1. The number of halogens is 1. The number of fused-ring (bicyclic) bond motifs is 1. The highest BCUT2D eigenvalue weighted by atomic mass is 79.9. The van der Waals surface area contributed by atoms with Crippen molar-refractivity contribution in [3.8, 4) is 5.75 Å². The molecule has 1 aliphatic rings. The number of carbonyl (C=O) groups is 1. The zero-order valence-corrected chi connectivity index (χ0v) is 19.0. The summed E-state index contributed by atoms with van der Waals surface area (Å²) in [6, 6.07) is 15.7. The van der Waals surface area contributed by atoms with Crippen LogP contribution in [0.5, 0.6) is 5.75 Å². The van der Waals surface area contributed by atoms with Gasteiger partial charge in [0, 0.05) is 17.1 Å². The number of thiocarbonyl (C=S) groups is 1. The number of ether oxygens (including phenoxy) is 1. The molecule has 7 heteroatoms. The van der Waals surface area contributed by atoms with Gasteiger partial charge < -0.3 is 14.5 Å². The molecule has 0 unspecified atom stereocenters. The number of benzene rings is 2. The Hall–Kier alpha value is -2.64. The lowest BCUT2D eigenvalue weighted by atomic mass is 10.1. The minimum absolute atomic E-state index is 0.134. The molecule has 1 aliphatic heterocycles. The highest BCUT2D eigenvalue weighted by Gasteiger charge is 2.31. The molecule has 1 fully saturated rings. The van der Waals surface area contributed by atoms with Crippen molar-refractivity contribution in [1.82, 2.24) is 10.2 Å². The van der Waals surface area contributed by atoms with Gasteiger partial charge in [-0.15, -0.1) is 0 Å². The number of rotatable bonds is 6. The van der Waals surface area contributed by atoms with Gasteiger partial charge in [0.05, 0.1) is 0 Å². The topological polar surface area (TPSA) is 54.7 Å². The van der Waals surface area contributed by atoms with Crippen LogP contribution < -0.4 is 10.1 Å². The van der Waals surface area contributed by atoms with E-state index >= 15 is 0 Å². The molecular weight excluding hydrogens is 464 g/mol. The highest BCUT2D eigenvalue weighted by Crippen LogP contribution is 2.25. The highest BCUT2D eigenvalue weighted by molar-refractivity contribution is 9.10. The molecule has 154 valence electrons. The predicted molar refractivity (Wildman–Crippen MR) is 125 cm³/mol. The zero-order chi connectivity index (χ0) is 21.3. The molecular formula is C23H21BrN2O3S. The molecule has 2 aromatic carbocycles. The van der Waals surface area contributed by atoms with Crippen molar-refractivity contribution in [3.05, 3.63) is 70.2 Å². The van der Waals surface area contributed by atoms with Crippen molar-refractivity contribution < 1.29 is 13.9 Å². The van der Waals surface area contributed by atoms with Crippen LogP contribution in [0.3, 0.4) is 0 Å². The third-order valence-electron chi connectivity index (χ3n) is 4.63. The predicted octanol–water partition coefficient (Wildman–Crippen LogP) is 5.49. The molecule has 1 saturated heterocycles. The first-order chi connectivity index (χ1) is 14.4. The van der Waals surface area contributed by atoms with E-state index in [0.717, 1.165) is 21.0 Å². The minimum Gasteiger partial charge on any atom is -0.486 e. The van der Waals surface area contributed by atoms with Gasteiger partial charge in [-0.1, -0.05) is 41.9 Å². The Balaban J connectivity index is 1.42. The van der Waals surface area contributed by atoms with Crippen LogP contribution in [0.1, 0.15) is 25.4 Å². The second kappa shape index (κ2) is 8.62. The molecule has 3 aromatic rings. The van der Waals surface area contributed by atoms with Crippen LogP contribution in [0.25, 0.3) is 16.8 Å². The van der Waals surface area contributed by atoms with Crippen LogP contribution in [0.4, 0.5) is 0 Å². The van der Waals surface area contributed by atoms with E-state index in [1.807, 2.05) is 56.3 Å². The summed E-state index contributed by atoms with van der Waals surface area (Å²) < 4.78 is 12.7. The fraction of sp³-hybridized carbons (Fsp3) is 0.217. The first-order valence-corrected chi connectivity index (χ1v) is 10.8. The van der Waals surface area contributed by atoms with E-state index in [1.165, 1.54) is 0 Å². The largest absolute Gasteiger partial charge is 0.486 e. The van der Waals surface area contributed by atoms with Gasteiger partial charge in [0.15, 0.2) is 5.11 Å². The van der Waals surface area contributed by atoms with E-state index in [2.05, 4.69) is 27.3 Å². The Kier molecular flexibility index (Phi) is 5.92. The SMILES string of the molecule is CC(C)CN1C(=O)/C(=C\c2ccc(COc3ccc4cc(Br)ccc4c3)o2)NC1=S. The monoisotopic (exact) mass is 484 g/mol. The molecule has 1 N–H and O–H groups in total. The van der Waals surface area contributed by atoms with Gasteiger partial charge in [0.25, 0.3) is 5.91 Å². The van der Waals surface area contributed by atoms with Crippen LogP contribution in [-0.2, 0) is 11.4 Å². The van der Waals surface area contributed by atoms with E-state index in [9.17, 15) is 4.79 Å². The first-order valence-electron chi connectivity index (χ1n) is 9.64. The standard InChI is InChI=1S/C23H21BrN2O3S/c1-14(2)12-26-22(27)21(25-23(26)30)11-19-7-8-20(29-19)13-28-18-6-4-15-9-17(24)5-3-16(15)10-18/h3-11,14H,12-13H2,1-2H3,(H,25,30)/b21-11+. The molecule has 2 heterocycles. The van der Waals surface area contributed by atoms with Crippen molar-refractivity contribution >= 4 is 56.0 Å². The molecule has 5 nitrogen and oxygen atoms in total. The van der Waals surface area contributed by atoms with Crippen molar-refractivity contribution in [2.75, 3.05) is 6.54 Å². The minimum atomic E-state index is -0.134. The smallest absolute Gasteiger partial charge is 0.276 e. The summed E-state index contributed by atoms with van der Waals surface area (Å²) in [5.74, 6) is 2.21. The third-order valence-corrected chi connectivity index (χ3v) is 5.45. The Labute approximate surface area is 188 Å². The van der Waals surface area contributed by atoms with Crippen molar-refractivity contribution in [1.29, 1.82) is 0 Å².